The minimum absolute atomic E-state index is 0.0154. The third-order valence-electron chi connectivity index (χ3n) is 6.30. The standard InChI is InChI=1S/C30H24N2O8S/c33-23-16-17-32(30(41)31-23)26-25(40-29(36)21-14-8-3-9-15-21)24(39-28(35)20-12-6-2-7-13-20)22(38-26)18-37-27(34)19-10-4-1-5-11-19/h1-17,22,24-26H,18H2,(H,31,33,41)/t22-,24+,25+,26?/m1/s1. The highest BCUT2D eigenvalue weighted by Gasteiger charge is 2.51. The van der Waals surface area contributed by atoms with E-state index in [1.807, 2.05) is 0 Å². The van der Waals surface area contributed by atoms with Gasteiger partial charge in [-0.1, -0.05) is 54.6 Å². The quantitative estimate of drug-likeness (QED) is 0.189. The van der Waals surface area contributed by atoms with E-state index in [0.29, 0.717) is 5.56 Å². The predicted molar refractivity (Wildman–Crippen MR) is 148 cm³/mol. The van der Waals surface area contributed by atoms with Gasteiger partial charge in [-0.3, -0.25) is 14.3 Å². The zero-order valence-corrected chi connectivity index (χ0v) is 22.3. The number of esters is 3. The molecule has 0 radical (unpaired) electrons. The molecule has 41 heavy (non-hydrogen) atoms. The lowest BCUT2D eigenvalue weighted by molar-refractivity contribution is -0.0632. The van der Waals surface area contributed by atoms with Crippen molar-refractivity contribution in [2.45, 2.75) is 24.5 Å². The minimum atomic E-state index is -1.24. The number of nitrogens with one attached hydrogen (secondary N) is 1. The van der Waals surface area contributed by atoms with Crippen LogP contribution < -0.4 is 5.56 Å². The molecule has 1 aromatic heterocycles. The first kappa shape index (κ1) is 27.7. The number of ether oxygens (including phenoxy) is 4. The Hall–Kier alpha value is -4.87. The fraction of sp³-hybridized carbons (Fsp3) is 0.167. The van der Waals surface area contributed by atoms with Crippen LogP contribution in [0.15, 0.2) is 108 Å². The average Bonchev–Trinajstić information content (AvgIpc) is 3.33. The Morgan fingerprint density at radius 2 is 1.22 bits per heavy atom. The number of rotatable bonds is 8. The summed E-state index contributed by atoms with van der Waals surface area (Å²) in [5, 5.41) is 0. The van der Waals surface area contributed by atoms with Crippen LogP contribution in [0.1, 0.15) is 37.3 Å². The lowest BCUT2D eigenvalue weighted by Gasteiger charge is -2.25. The van der Waals surface area contributed by atoms with E-state index >= 15 is 0 Å². The monoisotopic (exact) mass is 572 g/mol. The van der Waals surface area contributed by atoms with Crippen molar-refractivity contribution in [2.75, 3.05) is 6.61 Å². The second-order valence-corrected chi connectivity index (χ2v) is 9.41. The van der Waals surface area contributed by atoms with E-state index in [0.717, 1.165) is 0 Å². The molecule has 0 aliphatic carbocycles. The smallest absolute Gasteiger partial charge is 0.338 e. The maximum absolute atomic E-state index is 13.2. The van der Waals surface area contributed by atoms with Crippen molar-refractivity contribution in [1.82, 2.24) is 9.55 Å². The maximum Gasteiger partial charge on any atom is 0.338 e. The van der Waals surface area contributed by atoms with Gasteiger partial charge in [-0.2, -0.15) is 0 Å². The molecule has 0 saturated carbocycles. The average molecular weight is 573 g/mol. The molecule has 1 saturated heterocycles. The molecule has 5 rings (SSSR count). The van der Waals surface area contributed by atoms with E-state index in [1.165, 1.54) is 16.8 Å². The number of nitrogens with zero attached hydrogens (tertiary/aromatic N) is 1. The van der Waals surface area contributed by atoms with Crippen LogP contribution in [-0.4, -0.2) is 52.4 Å². The Morgan fingerprint density at radius 3 is 1.73 bits per heavy atom. The topological polar surface area (TPSA) is 126 Å². The Kier molecular flexibility index (Phi) is 8.47. The van der Waals surface area contributed by atoms with Gasteiger partial charge in [0.2, 0.25) is 0 Å². The van der Waals surface area contributed by atoms with Crippen molar-refractivity contribution < 1.29 is 33.3 Å². The molecule has 11 heteroatoms. The fourth-order valence-corrected chi connectivity index (χ4v) is 4.57. The number of benzene rings is 3. The van der Waals surface area contributed by atoms with Crippen LogP contribution in [-0.2, 0) is 18.9 Å². The molecule has 1 aliphatic rings. The molecule has 208 valence electrons. The van der Waals surface area contributed by atoms with Gasteiger partial charge in [0.05, 0.1) is 16.7 Å². The van der Waals surface area contributed by atoms with Crippen LogP contribution >= 0.6 is 12.2 Å². The predicted octanol–water partition coefficient (Wildman–Crippen LogP) is 4.11. The zero-order valence-electron chi connectivity index (χ0n) is 21.5. The Labute approximate surface area is 239 Å². The molecule has 4 atom stereocenters. The van der Waals surface area contributed by atoms with E-state index in [-0.39, 0.29) is 22.5 Å². The van der Waals surface area contributed by atoms with Gasteiger partial charge in [-0.25, -0.2) is 14.4 Å². The molecular formula is C30H24N2O8S. The molecule has 3 aromatic carbocycles. The Balaban J connectivity index is 1.50. The summed E-state index contributed by atoms with van der Waals surface area (Å²) in [6, 6.07) is 26.1. The van der Waals surface area contributed by atoms with E-state index < -0.39 is 48.0 Å². The van der Waals surface area contributed by atoms with Crippen LogP contribution in [0.25, 0.3) is 0 Å². The SMILES string of the molecule is O=C(OC[C@H]1OC(n2ccc(=O)[nH]c2=S)[C@@H](OC(=O)c2ccccc2)[C@H]1OC(=O)c1ccccc1)c1ccccc1. The number of carbonyl (C=O) groups is 3. The summed E-state index contributed by atoms with van der Waals surface area (Å²) in [6.45, 7) is -0.340. The van der Waals surface area contributed by atoms with Gasteiger partial charge in [0.15, 0.2) is 23.2 Å². The highest BCUT2D eigenvalue weighted by Crippen LogP contribution is 2.35. The summed E-state index contributed by atoms with van der Waals surface area (Å²) in [5.74, 6) is -2.03. The number of H-pyrrole nitrogens is 1. The highest BCUT2D eigenvalue weighted by molar-refractivity contribution is 7.71. The first-order chi connectivity index (χ1) is 19.9. The van der Waals surface area contributed by atoms with Crippen molar-refractivity contribution in [3.63, 3.8) is 0 Å². The molecule has 0 spiro atoms. The Bertz CT molecular complexity index is 1640. The second kappa shape index (κ2) is 12.5. The molecule has 10 nitrogen and oxygen atoms in total. The normalized spacial score (nSPS) is 19.7. The van der Waals surface area contributed by atoms with Crippen LogP contribution in [0.2, 0.25) is 0 Å². The van der Waals surface area contributed by atoms with Crippen molar-refractivity contribution in [1.29, 1.82) is 0 Å². The molecule has 1 unspecified atom stereocenters. The van der Waals surface area contributed by atoms with Crippen molar-refractivity contribution in [3.05, 3.63) is 135 Å². The number of carbonyl (C=O) groups excluding carboxylic acids is 3. The molecule has 2 heterocycles. The van der Waals surface area contributed by atoms with Gasteiger partial charge in [-0.15, -0.1) is 0 Å². The van der Waals surface area contributed by atoms with Gasteiger partial charge >= 0.3 is 17.9 Å². The van der Waals surface area contributed by atoms with E-state index in [9.17, 15) is 19.2 Å². The third-order valence-corrected chi connectivity index (χ3v) is 6.62. The molecule has 4 aromatic rings. The molecule has 1 N–H and O–H groups in total. The van der Waals surface area contributed by atoms with Gasteiger partial charge in [0.25, 0.3) is 5.56 Å². The van der Waals surface area contributed by atoms with Crippen molar-refractivity contribution >= 4 is 30.1 Å². The molecule has 1 fully saturated rings. The molecule has 0 bridgehead atoms. The largest absolute Gasteiger partial charge is 0.459 e. The zero-order chi connectivity index (χ0) is 28.8. The number of aromatic nitrogens is 2. The lowest BCUT2D eigenvalue weighted by Crippen LogP contribution is -2.41. The molecular weight excluding hydrogens is 548 g/mol. The lowest BCUT2D eigenvalue weighted by atomic mass is 10.1. The summed E-state index contributed by atoms with van der Waals surface area (Å²) in [7, 11) is 0. The highest BCUT2D eigenvalue weighted by atomic mass is 32.1. The van der Waals surface area contributed by atoms with E-state index in [2.05, 4.69) is 4.98 Å². The van der Waals surface area contributed by atoms with Gasteiger partial charge in [0.1, 0.15) is 12.7 Å². The van der Waals surface area contributed by atoms with Crippen LogP contribution in [0.4, 0.5) is 0 Å². The number of hydrogen-bond donors (Lipinski definition) is 1. The van der Waals surface area contributed by atoms with Gasteiger partial charge in [0, 0.05) is 12.3 Å². The summed E-state index contributed by atoms with van der Waals surface area (Å²) >= 11 is 5.34. The van der Waals surface area contributed by atoms with E-state index in [1.54, 1.807) is 91.0 Å². The summed E-state index contributed by atoms with van der Waals surface area (Å²) in [5.41, 5.74) is 0.380. The van der Waals surface area contributed by atoms with Crippen LogP contribution in [0.3, 0.4) is 0 Å². The first-order valence-electron chi connectivity index (χ1n) is 12.6. The van der Waals surface area contributed by atoms with Crippen LogP contribution in [0, 0.1) is 4.77 Å². The van der Waals surface area contributed by atoms with Gasteiger partial charge in [-0.05, 0) is 48.6 Å². The van der Waals surface area contributed by atoms with E-state index in [4.69, 9.17) is 31.2 Å². The summed E-state index contributed by atoms with van der Waals surface area (Å²) in [4.78, 5) is 53.4. The number of hydrogen-bond acceptors (Lipinski definition) is 9. The maximum atomic E-state index is 13.2. The molecule has 1 aliphatic heterocycles. The Morgan fingerprint density at radius 1 is 0.732 bits per heavy atom. The summed E-state index contributed by atoms with van der Waals surface area (Å²) in [6.07, 6.45) is -3.29. The van der Waals surface area contributed by atoms with Gasteiger partial charge < -0.3 is 18.9 Å². The fourth-order valence-electron chi connectivity index (χ4n) is 4.31. The summed E-state index contributed by atoms with van der Waals surface area (Å²) < 4.78 is 24.8. The van der Waals surface area contributed by atoms with Crippen molar-refractivity contribution in [2.24, 2.45) is 0 Å². The minimum Gasteiger partial charge on any atom is -0.459 e. The number of aromatic amines is 1. The molecule has 0 amide bonds. The first-order valence-corrected chi connectivity index (χ1v) is 13.0. The van der Waals surface area contributed by atoms with Crippen molar-refractivity contribution in [3.8, 4) is 0 Å². The third kappa shape index (κ3) is 6.48. The van der Waals surface area contributed by atoms with Crippen LogP contribution in [0.5, 0.6) is 0 Å². The second-order valence-electron chi connectivity index (χ2n) is 9.02.